The van der Waals surface area contributed by atoms with Crippen molar-refractivity contribution in [3.8, 4) is 11.5 Å². The fourth-order valence-electron chi connectivity index (χ4n) is 3.97. The van der Waals surface area contributed by atoms with E-state index in [4.69, 9.17) is 9.47 Å². The third-order valence-corrected chi connectivity index (χ3v) is 5.63. The predicted molar refractivity (Wildman–Crippen MR) is 114 cm³/mol. The molecule has 0 saturated carbocycles. The summed E-state index contributed by atoms with van der Waals surface area (Å²) in [6.45, 7) is 9.70. The Labute approximate surface area is 173 Å². The molecule has 6 nitrogen and oxygen atoms in total. The van der Waals surface area contributed by atoms with Crippen molar-refractivity contribution in [2.24, 2.45) is 0 Å². The van der Waals surface area contributed by atoms with Gasteiger partial charge in [0.25, 0.3) is 5.91 Å². The molecule has 29 heavy (non-hydrogen) atoms. The molecule has 2 aromatic carbocycles. The Balaban J connectivity index is 1.47. The van der Waals surface area contributed by atoms with Crippen molar-refractivity contribution in [1.29, 1.82) is 0 Å². The Morgan fingerprint density at radius 2 is 1.62 bits per heavy atom. The van der Waals surface area contributed by atoms with Gasteiger partial charge >= 0.3 is 0 Å². The summed E-state index contributed by atoms with van der Waals surface area (Å²) < 4.78 is 10.7. The van der Waals surface area contributed by atoms with Crippen LogP contribution in [0.4, 0.5) is 5.69 Å². The van der Waals surface area contributed by atoms with Gasteiger partial charge in [-0.25, -0.2) is 0 Å². The van der Waals surface area contributed by atoms with E-state index in [0.717, 1.165) is 55.5 Å². The van der Waals surface area contributed by atoms with E-state index in [1.165, 1.54) is 20.9 Å². The highest BCUT2D eigenvalue weighted by atomic mass is 16.5. The maximum absolute atomic E-state index is 12.5. The maximum Gasteiger partial charge on any atom is 0.279 e. The first-order valence-corrected chi connectivity index (χ1v) is 10.2. The van der Waals surface area contributed by atoms with Crippen molar-refractivity contribution < 1.29 is 24.1 Å². The van der Waals surface area contributed by atoms with E-state index in [9.17, 15) is 4.79 Å². The number of carbonyl (C=O) groups is 1. The second-order valence-electron chi connectivity index (χ2n) is 7.91. The number of hydrogen-bond donors (Lipinski definition) is 3. The second kappa shape index (κ2) is 9.76. The molecule has 1 heterocycles. The van der Waals surface area contributed by atoms with E-state index in [-0.39, 0.29) is 5.91 Å². The summed E-state index contributed by atoms with van der Waals surface area (Å²) in [7, 11) is 3.32. The summed E-state index contributed by atoms with van der Waals surface area (Å²) >= 11 is 0. The van der Waals surface area contributed by atoms with Crippen LogP contribution in [0.2, 0.25) is 0 Å². The molecule has 1 aliphatic heterocycles. The topological polar surface area (TPSA) is 56.4 Å². The van der Waals surface area contributed by atoms with Crippen molar-refractivity contribution in [2.45, 2.75) is 20.4 Å². The molecule has 1 amide bonds. The molecule has 0 unspecified atom stereocenters. The van der Waals surface area contributed by atoms with Crippen LogP contribution >= 0.6 is 0 Å². The number of amides is 1. The fourth-order valence-corrected chi connectivity index (χ4v) is 3.97. The van der Waals surface area contributed by atoms with Crippen LogP contribution in [-0.2, 0) is 11.3 Å². The molecule has 0 aliphatic carbocycles. The van der Waals surface area contributed by atoms with E-state index >= 15 is 0 Å². The number of rotatable bonds is 7. The lowest BCUT2D eigenvalue weighted by Crippen LogP contribution is -3.28. The van der Waals surface area contributed by atoms with Gasteiger partial charge in [-0.15, -0.1) is 0 Å². The zero-order valence-corrected chi connectivity index (χ0v) is 17.9. The van der Waals surface area contributed by atoms with Crippen LogP contribution in [0, 0.1) is 13.8 Å². The molecule has 0 aromatic heterocycles. The second-order valence-corrected chi connectivity index (χ2v) is 7.91. The Kier molecular flexibility index (Phi) is 7.12. The van der Waals surface area contributed by atoms with Gasteiger partial charge in [-0.3, -0.25) is 4.79 Å². The van der Waals surface area contributed by atoms with Gasteiger partial charge in [0.05, 0.1) is 14.2 Å². The Bertz CT molecular complexity index is 845. The monoisotopic (exact) mass is 399 g/mol. The van der Waals surface area contributed by atoms with Crippen LogP contribution in [-0.4, -0.2) is 52.9 Å². The van der Waals surface area contributed by atoms with E-state index < -0.39 is 0 Å². The molecule has 156 valence electrons. The zero-order chi connectivity index (χ0) is 20.8. The number of quaternary nitrogens is 2. The van der Waals surface area contributed by atoms with Crippen LogP contribution in [0.15, 0.2) is 36.4 Å². The smallest absolute Gasteiger partial charge is 0.279 e. The molecular formula is C23H33N3O3+2. The van der Waals surface area contributed by atoms with E-state index in [0.29, 0.717) is 6.54 Å². The predicted octanol–water partition coefficient (Wildman–Crippen LogP) is 0.243. The van der Waals surface area contributed by atoms with Gasteiger partial charge in [0.15, 0.2) is 18.0 Å². The normalized spacial score (nSPS) is 18.9. The number of methoxy groups -OCH3 is 2. The first-order valence-electron chi connectivity index (χ1n) is 10.2. The van der Waals surface area contributed by atoms with Crippen molar-refractivity contribution in [2.75, 3.05) is 52.3 Å². The number of nitrogens with one attached hydrogen (secondary N) is 3. The van der Waals surface area contributed by atoms with Gasteiger partial charge in [0, 0.05) is 11.3 Å². The minimum absolute atomic E-state index is 0.0929. The lowest BCUT2D eigenvalue weighted by molar-refractivity contribution is -1.02. The number of aryl methyl sites for hydroxylation is 2. The van der Waals surface area contributed by atoms with Crippen LogP contribution < -0.4 is 24.6 Å². The van der Waals surface area contributed by atoms with Gasteiger partial charge < -0.3 is 24.6 Å². The SMILES string of the molecule is COc1ccc(C[NH+]2CC[NH+](CC(=O)Nc3ccc(C)cc3C)CC2)cc1OC. The first kappa shape index (κ1) is 21.1. The summed E-state index contributed by atoms with van der Waals surface area (Å²) in [5.41, 5.74) is 4.48. The molecule has 0 spiro atoms. The molecule has 0 atom stereocenters. The van der Waals surface area contributed by atoms with Crippen molar-refractivity contribution in [3.63, 3.8) is 0 Å². The van der Waals surface area contributed by atoms with Crippen LogP contribution in [0.1, 0.15) is 16.7 Å². The molecule has 1 aliphatic rings. The fraction of sp³-hybridized carbons (Fsp3) is 0.435. The van der Waals surface area contributed by atoms with Crippen molar-refractivity contribution in [1.82, 2.24) is 0 Å². The largest absolute Gasteiger partial charge is 0.493 e. The molecule has 3 rings (SSSR count). The summed E-state index contributed by atoms with van der Waals surface area (Å²) in [5, 5.41) is 3.07. The van der Waals surface area contributed by atoms with Gasteiger partial charge in [-0.05, 0) is 43.7 Å². The standard InChI is InChI=1S/C23H31N3O3/c1-17-5-7-20(18(2)13-17)24-23(27)16-26-11-9-25(10-12-26)15-19-6-8-21(28-3)22(14-19)29-4/h5-8,13-14H,9-12,15-16H2,1-4H3,(H,24,27)/p+2. The molecule has 1 fully saturated rings. The highest BCUT2D eigenvalue weighted by Crippen LogP contribution is 2.27. The van der Waals surface area contributed by atoms with Gasteiger partial charge in [0.2, 0.25) is 0 Å². The van der Waals surface area contributed by atoms with Gasteiger partial charge in [0.1, 0.15) is 32.7 Å². The van der Waals surface area contributed by atoms with Crippen LogP contribution in [0.3, 0.4) is 0 Å². The van der Waals surface area contributed by atoms with E-state index in [1.807, 2.05) is 25.1 Å². The Morgan fingerprint density at radius 1 is 0.931 bits per heavy atom. The highest BCUT2D eigenvalue weighted by Gasteiger charge is 2.25. The molecular weight excluding hydrogens is 366 g/mol. The molecule has 0 radical (unpaired) electrons. The average Bonchev–Trinajstić information content (AvgIpc) is 2.71. The third-order valence-electron chi connectivity index (χ3n) is 5.63. The quantitative estimate of drug-likeness (QED) is 0.625. The zero-order valence-electron chi connectivity index (χ0n) is 17.9. The number of hydrogen-bond acceptors (Lipinski definition) is 3. The number of ether oxygens (including phenoxy) is 2. The molecule has 1 saturated heterocycles. The third kappa shape index (κ3) is 5.71. The Morgan fingerprint density at radius 3 is 2.28 bits per heavy atom. The average molecular weight is 400 g/mol. The number of benzene rings is 2. The summed E-state index contributed by atoms with van der Waals surface area (Å²) in [4.78, 5) is 15.3. The summed E-state index contributed by atoms with van der Waals surface area (Å²) in [6.07, 6.45) is 0. The van der Waals surface area contributed by atoms with Crippen molar-refractivity contribution >= 4 is 11.6 Å². The lowest BCUT2D eigenvalue weighted by atomic mass is 10.1. The van der Waals surface area contributed by atoms with Crippen LogP contribution in [0.25, 0.3) is 0 Å². The number of anilines is 1. The summed E-state index contributed by atoms with van der Waals surface area (Å²) in [5.74, 6) is 1.63. The maximum atomic E-state index is 12.5. The van der Waals surface area contributed by atoms with Gasteiger partial charge in [-0.1, -0.05) is 17.7 Å². The molecule has 2 aromatic rings. The van der Waals surface area contributed by atoms with Crippen LogP contribution in [0.5, 0.6) is 11.5 Å². The van der Waals surface area contributed by atoms with E-state index in [1.54, 1.807) is 14.2 Å². The van der Waals surface area contributed by atoms with E-state index in [2.05, 4.69) is 30.4 Å². The Hall–Kier alpha value is -2.57. The molecule has 0 bridgehead atoms. The minimum Gasteiger partial charge on any atom is -0.493 e. The lowest BCUT2D eigenvalue weighted by Gasteiger charge is -2.29. The molecule has 6 heteroatoms. The number of piperazine rings is 1. The van der Waals surface area contributed by atoms with Crippen molar-refractivity contribution in [3.05, 3.63) is 53.1 Å². The minimum atomic E-state index is 0.0929. The number of carbonyl (C=O) groups excluding carboxylic acids is 1. The first-order chi connectivity index (χ1) is 14.0. The van der Waals surface area contributed by atoms with Gasteiger partial charge in [-0.2, -0.15) is 0 Å². The molecule has 3 N–H and O–H groups in total. The summed E-state index contributed by atoms with van der Waals surface area (Å²) in [6, 6.07) is 12.2. The highest BCUT2D eigenvalue weighted by molar-refractivity contribution is 5.92.